The van der Waals surface area contributed by atoms with Gasteiger partial charge in [-0.1, -0.05) is 29.8 Å². The smallest absolute Gasteiger partial charge is 0.318 e. The number of halogens is 1. The summed E-state index contributed by atoms with van der Waals surface area (Å²) in [5.74, 6) is 0. The summed E-state index contributed by atoms with van der Waals surface area (Å²) >= 11 is 6.11. The molecule has 0 fully saturated rings. The van der Waals surface area contributed by atoms with E-state index in [9.17, 15) is 5.11 Å². The molecule has 5 nitrogen and oxygen atoms in total. The van der Waals surface area contributed by atoms with Crippen molar-refractivity contribution in [2.24, 2.45) is 0 Å². The van der Waals surface area contributed by atoms with E-state index in [-0.39, 0.29) is 6.01 Å². The highest BCUT2D eigenvalue weighted by molar-refractivity contribution is 6.33. The van der Waals surface area contributed by atoms with Crippen LogP contribution in [-0.4, -0.2) is 24.7 Å². The molecular formula is C11H7ClN4O. The molecule has 1 aromatic carbocycles. The molecule has 1 N–H and O–H groups in total. The third kappa shape index (κ3) is 1.52. The summed E-state index contributed by atoms with van der Waals surface area (Å²) in [7, 11) is 0. The average Bonchev–Trinajstić information content (AvgIpc) is 2.75. The first kappa shape index (κ1) is 10.0. The molecule has 2 heterocycles. The Morgan fingerprint density at radius 1 is 1.12 bits per heavy atom. The van der Waals surface area contributed by atoms with Crippen LogP contribution in [0.15, 0.2) is 36.8 Å². The summed E-state index contributed by atoms with van der Waals surface area (Å²) in [4.78, 5) is 7.74. The van der Waals surface area contributed by atoms with Crippen LogP contribution in [0.5, 0.6) is 6.01 Å². The van der Waals surface area contributed by atoms with Gasteiger partial charge >= 0.3 is 6.01 Å². The standard InChI is InChI=1S/C11H7ClN4O/c12-9-4-2-1-3-7(9)8-5-15-16-10(8)13-6-14-11(16)17/h1-6H,(H,13,14,17). The molecule has 0 aliphatic rings. The molecule has 6 heteroatoms. The number of fused-ring (bicyclic) bond motifs is 1. The fourth-order valence-electron chi connectivity index (χ4n) is 1.67. The van der Waals surface area contributed by atoms with Crippen LogP contribution in [0.1, 0.15) is 0 Å². The number of rotatable bonds is 1. The van der Waals surface area contributed by atoms with Crippen molar-refractivity contribution in [3.63, 3.8) is 0 Å². The minimum absolute atomic E-state index is 0.201. The van der Waals surface area contributed by atoms with Crippen LogP contribution >= 0.6 is 11.6 Å². The van der Waals surface area contributed by atoms with Gasteiger partial charge in [0, 0.05) is 16.1 Å². The van der Waals surface area contributed by atoms with E-state index in [1.165, 1.54) is 10.8 Å². The van der Waals surface area contributed by atoms with Crippen LogP contribution in [0.2, 0.25) is 5.02 Å². The lowest BCUT2D eigenvalue weighted by Gasteiger charge is -2.01. The first-order valence-corrected chi connectivity index (χ1v) is 5.28. The summed E-state index contributed by atoms with van der Waals surface area (Å²) in [5.41, 5.74) is 2.10. The van der Waals surface area contributed by atoms with Crippen molar-refractivity contribution in [3.8, 4) is 17.1 Å². The number of benzene rings is 1. The van der Waals surface area contributed by atoms with Gasteiger partial charge in [0.05, 0.1) is 6.20 Å². The van der Waals surface area contributed by atoms with Crippen LogP contribution in [-0.2, 0) is 0 Å². The molecule has 3 rings (SSSR count). The molecule has 0 unspecified atom stereocenters. The molecule has 2 aromatic heterocycles. The second kappa shape index (κ2) is 3.71. The van der Waals surface area contributed by atoms with Gasteiger partial charge in [-0.05, 0) is 6.07 Å². The molecule has 3 aromatic rings. The van der Waals surface area contributed by atoms with Gasteiger partial charge in [-0.15, -0.1) is 0 Å². The van der Waals surface area contributed by atoms with Gasteiger partial charge in [-0.25, -0.2) is 4.98 Å². The third-order valence-electron chi connectivity index (χ3n) is 2.45. The second-order valence-electron chi connectivity index (χ2n) is 3.45. The first-order chi connectivity index (χ1) is 8.27. The van der Waals surface area contributed by atoms with Crippen LogP contribution in [0, 0.1) is 0 Å². The lowest BCUT2D eigenvalue weighted by Crippen LogP contribution is -1.93. The Balaban J connectivity index is 2.33. The SMILES string of the molecule is Oc1ncnc2c(-c3ccccc3Cl)cnn12. The predicted octanol–water partition coefficient (Wildman–Crippen LogP) is 2.15. The summed E-state index contributed by atoms with van der Waals surface area (Å²) < 4.78 is 1.26. The van der Waals surface area contributed by atoms with Crippen LogP contribution in [0.3, 0.4) is 0 Å². The average molecular weight is 247 g/mol. The molecule has 0 radical (unpaired) electrons. The fraction of sp³-hybridized carbons (Fsp3) is 0. The zero-order valence-electron chi connectivity index (χ0n) is 8.58. The van der Waals surface area contributed by atoms with Crippen molar-refractivity contribution >= 4 is 17.2 Å². The normalized spacial score (nSPS) is 10.9. The van der Waals surface area contributed by atoms with Gasteiger partial charge in [0.1, 0.15) is 6.33 Å². The molecule has 0 saturated carbocycles. The molecular weight excluding hydrogens is 240 g/mol. The van der Waals surface area contributed by atoms with E-state index in [0.717, 1.165) is 11.1 Å². The zero-order valence-corrected chi connectivity index (χ0v) is 9.33. The Morgan fingerprint density at radius 3 is 2.76 bits per heavy atom. The maximum atomic E-state index is 9.52. The van der Waals surface area contributed by atoms with Gasteiger partial charge in [0.25, 0.3) is 0 Å². The van der Waals surface area contributed by atoms with Crippen molar-refractivity contribution in [3.05, 3.63) is 41.8 Å². The Kier molecular flexibility index (Phi) is 2.19. The molecule has 0 bridgehead atoms. The highest BCUT2D eigenvalue weighted by Gasteiger charge is 2.12. The van der Waals surface area contributed by atoms with E-state index in [4.69, 9.17) is 11.6 Å². The lowest BCUT2D eigenvalue weighted by atomic mass is 10.1. The predicted molar refractivity (Wildman–Crippen MR) is 62.9 cm³/mol. The number of hydrogen-bond donors (Lipinski definition) is 1. The molecule has 0 saturated heterocycles. The number of hydrogen-bond acceptors (Lipinski definition) is 4. The van der Waals surface area contributed by atoms with Crippen molar-refractivity contribution in [2.75, 3.05) is 0 Å². The minimum atomic E-state index is -0.201. The Bertz CT molecular complexity index is 695. The largest absolute Gasteiger partial charge is 0.479 e. The van der Waals surface area contributed by atoms with Crippen molar-refractivity contribution in [1.29, 1.82) is 0 Å². The van der Waals surface area contributed by atoms with Crippen molar-refractivity contribution in [2.45, 2.75) is 0 Å². The van der Waals surface area contributed by atoms with Gasteiger partial charge in [-0.3, -0.25) is 0 Å². The van der Waals surface area contributed by atoms with Crippen LogP contribution < -0.4 is 0 Å². The van der Waals surface area contributed by atoms with E-state index >= 15 is 0 Å². The number of aromatic nitrogens is 4. The van der Waals surface area contributed by atoms with E-state index in [2.05, 4.69) is 15.1 Å². The maximum absolute atomic E-state index is 9.52. The van der Waals surface area contributed by atoms with Crippen molar-refractivity contribution in [1.82, 2.24) is 19.6 Å². The first-order valence-electron chi connectivity index (χ1n) is 4.90. The lowest BCUT2D eigenvalue weighted by molar-refractivity contribution is 0.411. The van der Waals surface area contributed by atoms with E-state index in [1.54, 1.807) is 12.3 Å². The van der Waals surface area contributed by atoms with Gasteiger partial charge in [0.15, 0.2) is 5.65 Å². The van der Waals surface area contributed by atoms with E-state index < -0.39 is 0 Å². The Hall–Kier alpha value is -2.14. The molecule has 0 aliphatic carbocycles. The summed E-state index contributed by atoms with van der Waals surface area (Å²) in [6, 6.07) is 7.20. The molecule has 0 aliphatic heterocycles. The summed E-state index contributed by atoms with van der Waals surface area (Å²) in [6.45, 7) is 0. The van der Waals surface area contributed by atoms with Gasteiger partial charge in [0.2, 0.25) is 0 Å². The van der Waals surface area contributed by atoms with Crippen molar-refractivity contribution < 1.29 is 5.11 Å². The minimum Gasteiger partial charge on any atom is -0.479 e. The molecule has 0 spiro atoms. The second-order valence-corrected chi connectivity index (χ2v) is 3.85. The highest BCUT2D eigenvalue weighted by Crippen LogP contribution is 2.30. The Morgan fingerprint density at radius 2 is 1.94 bits per heavy atom. The topological polar surface area (TPSA) is 63.3 Å². The number of nitrogens with zero attached hydrogens (tertiary/aromatic N) is 4. The maximum Gasteiger partial charge on any atom is 0.318 e. The van der Waals surface area contributed by atoms with Crippen LogP contribution in [0.25, 0.3) is 16.8 Å². The highest BCUT2D eigenvalue weighted by atomic mass is 35.5. The fourth-order valence-corrected chi connectivity index (χ4v) is 1.91. The molecule has 0 amide bonds. The third-order valence-corrected chi connectivity index (χ3v) is 2.78. The zero-order chi connectivity index (χ0) is 11.8. The Labute approximate surface area is 101 Å². The van der Waals surface area contributed by atoms with Crippen LogP contribution in [0.4, 0.5) is 0 Å². The summed E-state index contributed by atoms with van der Waals surface area (Å²) in [5, 5.41) is 14.1. The van der Waals surface area contributed by atoms with E-state index in [0.29, 0.717) is 10.7 Å². The molecule has 84 valence electrons. The molecule has 0 atom stereocenters. The monoisotopic (exact) mass is 246 g/mol. The molecule has 17 heavy (non-hydrogen) atoms. The van der Waals surface area contributed by atoms with Gasteiger partial charge < -0.3 is 5.11 Å². The quantitative estimate of drug-likeness (QED) is 0.715. The summed E-state index contributed by atoms with van der Waals surface area (Å²) in [6.07, 6.45) is 2.89. The van der Waals surface area contributed by atoms with E-state index in [1.807, 2.05) is 18.2 Å². The van der Waals surface area contributed by atoms with Gasteiger partial charge in [-0.2, -0.15) is 14.6 Å². The number of aromatic hydroxyl groups is 1.